The van der Waals surface area contributed by atoms with Crippen LogP contribution in [0.5, 0.6) is 0 Å². The third-order valence-corrected chi connectivity index (χ3v) is 4.87. The van der Waals surface area contributed by atoms with E-state index in [9.17, 15) is 0 Å². The fraction of sp³-hybridized carbons (Fsp3) is 0.450. The number of β-amino-alcohol motifs (C(OH)–C–C–N with tert-alkyl or cyclic N) is 1. The van der Waals surface area contributed by atoms with Crippen LogP contribution in [0.25, 0.3) is 12.8 Å². The van der Waals surface area contributed by atoms with Gasteiger partial charge in [-0.05, 0) is 45.0 Å². The zero-order valence-electron chi connectivity index (χ0n) is 15.4. The van der Waals surface area contributed by atoms with Crippen LogP contribution in [0.1, 0.15) is 37.2 Å². The van der Waals surface area contributed by atoms with E-state index in [1.807, 2.05) is 37.5 Å². The molecule has 2 aromatic heterocycles. The molecule has 0 aliphatic carbocycles. The molecule has 1 fully saturated rings. The predicted molar refractivity (Wildman–Crippen MR) is 104 cm³/mol. The lowest BCUT2D eigenvalue weighted by atomic mass is 9.96. The maximum atomic E-state index is 9.14. The van der Waals surface area contributed by atoms with Crippen LogP contribution < -0.4 is 10.7 Å². The van der Waals surface area contributed by atoms with Crippen LogP contribution in [0.4, 0.5) is 0 Å². The van der Waals surface area contributed by atoms with E-state index < -0.39 is 0 Å². The smallest absolute Gasteiger partial charge is 0.113 e. The lowest BCUT2D eigenvalue weighted by Crippen LogP contribution is -2.36. The highest BCUT2D eigenvalue weighted by Crippen LogP contribution is 2.25. The maximum Gasteiger partial charge on any atom is 0.113 e. The monoisotopic (exact) mass is 353 g/mol. The van der Waals surface area contributed by atoms with Crippen LogP contribution in [-0.2, 0) is 6.54 Å². The summed E-state index contributed by atoms with van der Waals surface area (Å²) < 4.78 is 2.21. The highest BCUT2D eigenvalue weighted by molar-refractivity contribution is 5.57. The molecule has 1 aliphatic rings. The number of piperidine rings is 1. The minimum absolute atomic E-state index is 0.218. The number of nitrogens with zero attached hydrogens (tertiary/aromatic N) is 5. The molecule has 1 saturated heterocycles. The molecule has 0 saturated carbocycles. The Morgan fingerprint density at radius 3 is 2.81 bits per heavy atom. The van der Waals surface area contributed by atoms with E-state index >= 15 is 0 Å². The Hall–Kier alpha value is -2.31. The van der Waals surface area contributed by atoms with Gasteiger partial charge < -0.3 is 14.6 Å². The zero-order valence-corrected chi connectivity index (χ0v) is 15.4. The second kappa shape index (κ2) is 8.87. The first-order chi connectivity index (χ1) is 12.7. The van der Waals surface area contributed by atoms with Crippen LogP contribution in [-0.4, -0.2) is 57.0 Å². The largest absolute Gasteiger partial charge is 0.395 e. The number of likely N-dealkylation sites (tertiary alicyclic amines) is 1. The first-order valence-electron chi connectivity index (χ1n) is 9.19. The summed E-state index contributed by atoms with van der Waals surface area (Å²) in [4.78, 5) is 15.9. The third kappa shape index (κ3) is 4.26. The third-order valence-electron chi connectivity index (χ3n) is 4.87. The topological polar surface area (TPSA) is 66.5 Å². The minimum Gasteiger partial charge on any atom is -0.395 e. The number of imidazole rings is 1. The molecular formula is C20H27N5O. The number of pyridine rings is 1. The number of aromatic nitrogens is 3. The normalized spacial score (nSPS) is 17.4. The summed E-state index contributed by atoms with van der Waals surface area (Å²) in [7, 11) is 0. The lowest BCUT2D eigenvalue weighted by molar-refractivity contribution is 0.162. The minimum atomic E-state index is 0.218. The van der Waals surface area contributed by atoms with E-state index in [1.165, 1.54) is 0 Å². The Morgan fingerprint density at radius 2 is 2.15 bits per heavy atom. The van der Waals surface area contributed by atoms with Gasteiger partial charge in [-0.2, -0.15) is 0 Å². The fourth-order valence-electron chi connectivity index (χ4n) is 3.51. The number of aliphatic imine (C=N–C) groups is 1. The summed E-state index contributed by atoms with van der Waals surface area (Å²) in [5, 5.41) is 10.9. The number of hydrogen-bond donors (Lipinski definition) is 1. The van der Waals surface area contributed by atoms with E-state index in [0.29, 0.717) is 12.5 Å². The zero-order chi connectivity index (χ0) is 18.4. The average Bonchev–Trinajstić information content (AvgIpc) is 2.97. The van der Waals surface area contributed by atoms with E-state index in [2.05, 4.69) is 26.0 Å². The number of rotatable bonds is 6. The molecule has 0 atom stereocenters. The van der Waals surface area contributed by atoms with Crippen molar-refractivity contribution < 1.29 is 5.11 Å². The summed E-state index contributed by atoms with van der Waals surface area (Å²) >= 11 is 0. The Bertz CT molecular complexity index is 835. The van der Waals surface area contributed by atoms with Crippen molar-refractivity contribution in [2.45, 2.75) is 32.2 Å². The van der Waals surface area contributed by atoms with Crippen molar-refractivity contribution in [1.82, 2.24) is 19.4 Å². The molecule has 0 unspecified atom stereocenters. The second-order valence-electron chi connectivity index (χ2n) is 6.59. The quantitative estimate of drug-likeness (QED) is 0.778. The predicted octanol–water partition coefficient (Wildman–Crippen LogP) is 0.737. The van der Waals surface area contributed by atoms with Gasteiger partial charge in [0.25, 0.3) is 0 Å². The Labute approximate surface area is 154 Å². The van der Waals surface area contributed by atoms with Crippen molar-refractivity contribution in [3.05, 3.63) is 46.6 Å². The van der Waals surface area contributed by atoms with Crippen LogP contribution in [0.3, 0.4) is 0 Å². The molecule has 6 nitrogen and oxygen atoms in total. The first-order valence-corrected chi connectivity index (χ1v) is 9.19. The van der Waals surface area contributed by atoms with Crippen molar-refractivity contribution in [2.24, 2.45) is 4.99 Å². The molecule has 3 heterocycles. The van der Waals surface area contributed by atoms with Gasteiger partial charge in [0.15, 0.2) is 0 Å². The number of aliphatic hydroxyl groups is 1. The van der Waals surface area contributed by atoms with Gasteiger partial charge in [0.05, 0.1) is 35.7 Å². The number of hydrogen-bond acceptors (Lipinski definition) is 5. The van der Waals surface area contributed by atoms with Crippen LogP contribution >= 0.6 is 0 Å². The summed E-state index contributed by atoms with van der Waals surface area (Å²) in [6.45, 7) is 9.64. The Morgan fingerprint density at radius 1 is 1.35 bits per heavy atom. The SMILES string of the molecule is C=c1nc(C2CCN(CCO)CC2)n(Cc2ccccn2)/c1=C/N=CC. The summed E-state index contributed by atoms with van der Waals surface area (Å²) in [5.74, 6) is 1.46. The van der Waals surface area contributed by atoms with E-state index in [4.69, 9.17) is 10.1 Å². The van der Waals surface area contributed by atoms with Gasteiger partial charge in [-0.3, -0.25) is 9.98 Å². The van der Waals surface area contributed by atoms with Crippen molar-refractivity contribution in [2.75, 3.05) is 26.2 Å². The lowest BCUT2D eigenvalue weighted by Gasteiger charge is -2.31. The van der Waals surface area contributed by atoms with Gasteiger partial charge in [0.1, 0.15) is 5.82 Å². The van der Waals surface area contributed by atoms with Gasteiger partial charge in [-0.25, -0.2) is 4.98 Å². The van der Waals surface area contributed by atoms with Crippen LogP contribution in [0, 0.1) is 0 Å². The van der Waals surface area contributed by atoms with Crippen molar-refractivity contribution in [3.63, 3.8) is 0 Å². The van der Waals surface area contributed by atoms with Crippen molar-refractivity contribution >= 4 is 19.0 Å². The molecule has 138 valence electrons. The summed E-state index contributed by atoms with van der Waals surface area (Å²) in [6, 6.07) is 5.96. The van der Waals surface area contributed by atoms with E-state index in [0.717, 1.165) is 54.7 Å². The average molecular weight is 353 g/mol. The molecule has 0 radical (unpaired) electrons. The van der Waals surface area contributed by atoms with Crippen LogP contribution in [0.2, 0.25) is 0 Å². The fourth-order valence-corrected chi connectivity index (χ4v) is 3.51. The molecular weight excluding hydrogens is 326 g/mol. The summed E-state index contributed by atoms with van der Waals surface area (Å²) in [6.07, 6.45) is 7.50. The van der Waals surface area contributed by atoms with Gasteiger partial charge >= 0.3 is 0 Å². The highest BCUT2D eigenvalue weighted by atomic mass is 16.3. The number of aliphatic hydroxyl groups excluding tert-OH is 1. The molecule has 3 rings (SSSR count). The second-order valence-corrected chi connectivity index (χ2v) is 6.59. The molecule has 0 spiro atoms. The molecule has 6 heteroatoms. The Balaban J connectivity index is 1.93. The molecule has 0 bridgehead atoms. The first kappa shape index (κ1) is 18.5. The maximum absolute atomic E-state index is 9.14. The molecule has 1 N–H and O–H groups in total. The van der Waals surface area contributed by atoms with Gasteiger partial charge in [-0.15, -0.1) is 0 Å². The van der Waals surface area contributed by atoms with Gasteiger partial charge in [0.2, 0.25) is 0 Å². The molecule has 0 amide bonds. The molecule has 1 aliphatic heterocycles. The summed E-state index contributed by atoms with van der Waals surface area (Å²) in [5.41, 5.74) is 0.999. The van der Waals surface area contributed by atoms with E-state index in [1.54, 1.807) is 6.21 Å². The molecule has 26 heavy (non-hydrogen) atoms. The highest BCUT2D eigenvalue weighted by Gasteiger charge is 2.24. The molecule has 0 aromatic carbocycles. The van der Waals surface area contributed by atoms with Crippen molar-refractivity contribution in [3.8, 4) is 0 Å². The van der Waals surface area contributed by atoms with Gasteiger partial charge in [0, 0.05) is 24.9 Å². The standard InChI is InChI=1S/C20H27N5O/c1-3-21-14-19-16(2)23-20(17-7-10-24(11-8-17)12-13-26)25(19)15-18-6-4-5-9-22-18/h3-6,9,14,17,26H,2,7-8,10-13,15H2,1H3/b19-14+,21-3?. The van der Waals surface area contributed by atoms with Crippen LogP contribution in [0.15, 0.2) is 29.4 Å². The van der Waals surface area contributed by atoms with Gasteiger partial charge in [-0.1, -0.05) is 12.6 Å². The van der Waals surface area contributed by atoms with E-state index in [-0.39, 0.29) is 6.61 Å². The van der Waals surface area contributed by atoms with Crippen molar-refractivity contribution in [1.29, 1.82) is 0 Å². The Kier molecular flexibility index (Phi) is 6.30. The molecule has 2 aromatic rings.